The van der Waals surface area contributed by atoms with Crippen molar-refractivity contribution < 1.29 is 9.63 Å². The molecule has 0 radical (unpaired) electrons. The average molecular weight is 280 g/mol. The van der Waals surface area contributed by atoms with Gasteiger partial charge in [0.25, 0.3) is 5.56 Å². The Morgan fingerprint density at radius 3 is 2.57 bits per heavy atom. The first-order valence-electron chi connectivity index (χ1n) is 6.41. The van der Waals surface area contributed by atoms with E-state index < -0.39 is 11.5 Å². The first kappa shape index (κ1) is 13.1. The van der Waals surface area contributed by atoms with E-state index in [4.69, 9.17) is 4.84 Å². The number of hydrogen-bond donors (Lipinski definition) is 0. The number of carbonyl (C=O) groups is 1. The number of hydrogen-bond acceptors (Lipinski definition) is 4. The second kappa shape index (κ2) is 5.20. The molecule has 0 saturated heterocycles. The zero-order valence-corrected chi connectivity index (χ0v) is 11.3. The van der Waals surface area contributed by atoms with Crippen LogP contribution in [0.1, 0.15) is 15.9 Å². The van der Waals surface area contributed by atoms with Gasteiger partial charge in [0.2, 0.25) is 0 Å². The van der Waals surface area contributed by atoms with Crippen LogP contribution in [-0.2, 0) is 0 Å². The van der Waals surface area contributed by atoms with Gasteiger partial charge in [-0.15, -0.1) is 4.73 Å². The number of nitrogens with zero attached hydrogens (tertiary/aromatic N) is 2. The lowest BCUT2D eigenvalue weighted by atomic mass is 10.2. The van der Waals surface area contributed by atoms with E-state index in [1.54, 1.807) is 48.5 Å². The van der Waals surface area contributed by atoms with Gasteiger partial charge < -0.3 is 4.84 Å². The SMILES string of the molecule is Cc1ccc(C(=O)On2cnc3ccccc3c2=O)cc1. The van der Waals surface area contributed by atoms with Crippen molar-refractivity contribution in [3.8, 4) is 0 Å². The minimum Gasteiger partial charge on any atom is -0.326 e. The lowest BCUT2D eigenvalue weighted by Gasteiger charge is -2.06. The summed E-state index contributed by atoms with van der Waals surface area (Å²) in [7, 11) is 0. The topological polar surface area (TPSA) is 61.2 Å². The molecule has 0 unspecified atom stereocenters. The number of fused-ring (bicyclic) bond motifs is 1. The Balaban J connectivity index is 1.95. The highest BCUT2D eigenvalue weighted by Crippen LogP contribution is 2.06. The number of aromatic nitrogens is 2. The summed E-state index contributed by atoms with van der Waals surface area (Å²) in [5.74, 6) is -0.603. The van der Waals surface area contributed by atoms with Crippen molar-refractivity contribution in [1.82, 2.24) is 9.71 Å². The molecule has 104 valence electrons. The van der Waals surface area contributed by atoms with Crippen LogP contribution in [0.5, 0.6) is 0 Å². The molecule has 0 atom stereocenters. The minimum atomic E-state index is -0.603. The Bertz CT molecular complexity index is 867. The fourth-order valence-corrected chi connectivity index (χ4v) is 1.95. The molecule has 0 aliphatic heterocycles. The van der Waals surface area contributed by atoms with Crippen molar-refractivity contribution in [2.75, 3.05) is 0 Å². The van der Waals surface area contributed by atoms with Gasteiger partial charge in [0.15, 0.2) is 0 Å². The fraction of sp³-hybridized carbons (Fsp3) is 0.0625. The van der Waals surface area contributed by atoms with Crippen LogP contribution in [0, 0.1) is 6.92 Å². The summed E-state index contributed by atoms with van der Waals surface area (Å²) < 4.78 is 0.852. The third-order valence-electron chi connectivity index (χ3n) is 3.10. The predicted molar refractivity (Wildman–Crippen MR) is 78.1 cm³/mol. The molecule has 1 aromatic heterocycles. The van der Waals surface area contributed by atoms with Gasteiger partial charge in [0, 0.05) is 0 Å². The summed E-state index contributed by atoms with van der Waals surface area (Å²) in [4.78, 5) is 33.4. The molecule has 0 aliphatic carbocycles. The standard InChI is InChI=1S/C16H12N2O3/c1-11-6-8-12(9-7-11)16(20)21-18-10-17-14-5-3-2-4-13(14)15(18)19/h2-10H,1H3. The van der Waals surface area contributed by atoms with Gasteiger partial charge >= 0.3 is 5.97 Å². The summed E-state index contributed by atoms with van der Waals surface area (Å²) in [6.07, 6.45) is 1.21. The molecular formula is C16H12N2O3. The van der Waals surface area contributed by atoms with E-state index in [1.165, 1.54) is 6.33 Å². The molecule has 0 amide bonds. The van der Waals surface area contributed by atoms with Crippen LogP contribution in [0.3, 0.4) is 0 Å². The van der Waals surface area contributed by atoms with Crippen molar-refractivity contribution in [3.63, 3.8) is 0 Å². The van der Waals surface area contributed by atoms with Crippen molar-refractivity contribution in [1.29, 1.82) is 0 Å². The molecule has 3 aromatic rings. The minimum absolute atomic E-state index is 0.376. The first-order valence-corrected chi connectivity index (χ1v) is 6.41. The summed E-state index contributed by atoms with van der Waals surface area (Å²) in [5, 5.41) is 0.400. The Morgan fingerprint density at radius 2 is 1.81 bits per heavy atom. The van der Waals surface area contributed by atoms with Crippen molar-refractivity contribution in [2.45, 2.75) is 6.92 Å². The van der Waals surface area contributed by atoms with E-state index in [0.717, 1.165) is 10.3 Å². The van der Waals surface area contributed by atoms with Crippen molar-refractivity contribution in [3.05, 3.63) is 76.3 Å². The van der Waals surface area contributed by atoms with Gasteiger partial charge in [-0.3, -0.25) is 4.79 Å². The normalized spacial score (nSPS) is 10.5. The zero-order valence-electron chi connectivity index (χ0n) is 11.3. The van der Waals surface area contributed by atoms with Crippen LogP contribution in [-0.4, -0.2) is 15.7 Å². The molecule has 0 saturated carbocycles. The van der Waals surface area contributed by atoms with E-state index in [0.29, 0.717) is 16.5 Å². The van der Waals surface area contributed by atoms with E-state index in [-0.39, 0.29) is 0 Å². The largest absolute Gasteiger partial charge is 0.363 e. The molecule has 0 spiro atoms. The third-order valence-corrected chi connectivity index (χ3v) is 3.10. The number of aryl methyl sites for hydroxylation is 1. The zero-order chi connectivity index (χ0) is 14.8. The number of carbonyl (C=O) groups excluding carboxylic acids is 1. The van der Waals surface area contributed by atoms with Crippen LogP contribution < -0.4 is 10.4 Å². The number of benzene rings is 2. The number of para-hydroxylation sites is 1. The van der Waals surface area contributed by atoms with E-state index in [9.17, 15) is 9.59 Å². The quantitative estimate of drug-likeness (QED) is 0.720. The molecule has 2 aromatic carbocycles. The second-order valence-electron chi connectivity index (χ2n) is 4.64. The molecule has 0 fully saturated rings. The smallest absolute Gasteiger partial charge is 0.326 e. The lowest BCUT2D eigenvalue weighted by molar-refractivity contribution is 0.0440. The molecule has 1 heterocycles. The van der Waals surface area contributed by atoms with E-state index >= 15 is 0 Å². The molecule has 3 rings (SSSR count). The summed E-state index contributed by atoms with van der Waals surface area (Å²) in [6.45, 7) is 1.92. The summed E-state index contributed by atoms with van der Waals surface area (Å²) >= 11 is 0. The van der Waals surface area contributed by atoms with Crippen LogP contribution in [0.4, 0.5) is 0 Å². The first-order chi connectivity index (χ1) is 10.1. The van der Waals surface area contributed by atoms with Gasteiger partial charge in [-0.05, 0) is 31.2 Å². The molecule has 0 bridgehead atoms. The highest BCUT2D eigenvalue weighted by Gasteiger charge is 2.11. The molecule has 0 N–H and O–H groups in total. The number of rotatable bonds is 2. The Hall–Kier alpha value is -2.95. The van der Waals surface area contributed by atoms with E-state index in [2.05, 4.69) is 4.98 Å². The molecule has 5 heteroatoms. The Kier molecular flexibility index (Phi) is 3.23. The third kappa shape index (κ3) is 2.53. The maximum atomic E-state index is 12.2. The molecule has 0 aliphatic rings. The van der Waals surface area contributed by atoms with Gasteiger partial charge in [-0.2, -0.15) is 0 Å². The molecular weight excluding hydrogens is 268 g/mol. The highest BCUT2D eigenvalue weighted by molar-refractivity contribution is 5.89. The van der Waals surface area contributed by atoms with Crippen LogP contribution in [0.25, 0.3) is 10.9 Å². The van der Waals surface area contributed by atoms with Gasteiger partial charge in [0.05, 0.1) is 16.5 Å². The van der Waals surface area contributed by atoms with Crippen LogP contribution in [0.15, 0.2) is 59.7 Å². The van der Waals surface area contributed by atoms with Crippen molar-refractivity contribution in [2.24, 2.45) is 0 Å². The molecule has 21 heavy (non-hydrogen) atoms. The second-order valence-corrected chi connectivity index (χ2v) is 4.64. The Morgan fingerprint density at radius 1 is 1.10 bits per heavy atom. The maximum absolute atomic E-state index is 12.2. The van der Waals surface area contributed by atoms with E-state index in [1.807, 2.05) is 6.92 Å². The van der Waals surface area contributed by atoms with Gasteiger partial charge in [-0.1, -0.05) is 29.8 Å². The maximum Gasteiger partial charge on any atom is 0.363 e. The highest BCUT2D eigenvalue weighted by atomic mass is 16.7. The predicted octanol–water partition coefficient (Wildman–Crippen LogP) is 1.97. The Labute approximate surface area is 120 Å². The molecule has 5 nitrogen and oxygen atoms in total. The average Bonchev–Trinajstić information content (AvgIpc) is 2.51. The van der Waals surface area contributed by atoms with Gasteiger partial charge in [-0.25, -0.2) is 9.78 Å². The summed E-state index contributed by atoms with van der Waals surface area (Å²) in [6, 6.07) is 13.8. The van der Waals surface area contributed by atoms with Crippen LogP contribution in [0.2, 0.25) is 0 Å². The fourth-order valence-electron chi connectivity index (χ4n) is 1.95. The van der Waals surface area contributed by atoms with Gasteiger partial charge in [0.1, 0.15) is 6.33 Å². The summed E-state index contributed by atoms with van der Waals surface area (Å²) in [5.41, 5.74) is 1.56. The lowest BCUT2D eigenvalue weighted by Crippen LogP contribution is -2.31. The monoisotopic (exact) mass is 280 g/mol. The van der Waals surface area contributed by atoms with Crippen LogP contribution >= 0.6 is 0 Å². The van der Waals surface area contributed by atoms with Crippen molar-refractivity contribution >= 4 is 16.9 Å².